The van der Waals surface area contributed by atoms with Crippen LogP contribution in [0.4, 0.5) is 30.4 Å². The molecule has 3 aromatic rings. The topological polar surface area (TPSA) is 85.4 Å². The van der Waals surface area contributed by atoms with Crippen LogP contribution >= 0.6 is 0 Å². The number of allylic oxidation sites excluding steroid dienone is 1. The molecule has 1 aromatic heterocycles. The van der Waals surface area contributed by atoms with E-state index in [-0.39, 0.29) is 5.75 Å². The fourth-order valence-corrected chi connectivity index (χ4v) is 2.61. The Kier molecular flexibility index (Phi) is 6.31. The third-order valence-electron chi connectivity index (χ3n) is 3.91. The Bertz CT molecular complexity index is 1050. The fraction of sp³-hybridized carbons (Fsp3) is 0.0952. The number of aliphatic imine (C=N–C) groups is 1. The van der Waals surface area contributed by atoms with Gasteiger partial charge in [0, 0.05) is 29.2 Å². The summed E-state index contributed by atoms with van der Waals surface area (Å²) in [6.45, 7) is 1.82. The van der Waals surface area contributed by atoms with E-state index in [4.69, 9.17) is 5.73 Å². The van der Waals surface area contributed by atoms with Gasteiger partial charge in [0.15, 0.2) is 0 Å². The Morgan fingerprint density at radius 3 is 2.40 bits per heavy atom. The molecule has 9 heteroatoms. The van der Waals surface area contributed by atoms with Gasteiger partial charge in [0.1, 0.15) is 17.9 Å². The standard InChI is InChI=1S/C21H18F3N5O/c1-14(28-15-5-3-2-4-6-15)18(12-25)19-11-20(27-13-26-19)29-16-7-9-17(10-8-16)30-21(22,23)24/h2-13H,25H2,1H3,(H,26,27,29). The largest absolute Gasteiger partial charge is 0.573 e. The first-order chi connectivity index (χ1) is 14.3. The van der Waals surface area contributed by atoms with Crippen LogP contribution < -0.4 is 15.8 Å². The lowest BCUT2D eigenvalue weighted by Gasteiger charge is -2.11. The number of rotatable bonds is 6. The second kappa shape index (κ2) is 9.08. The number of aromatic nitrogens is 2. The van der Waals surface area contributed by atoms with Crippen molar-refractivity contribution in [1.82, 2.24) is 9.97 Å². The third kappa shape index (κ3) is 5.81. The zero-order valence-electron chi connectivity index (χ0n) is 15.9. The molecule has 0 saturated carbocycles. The van der Waals surface area contributed by atoms with Crippen LogP contribution in [0.25, 0.3) is 5.57 Å². The summed E-state index contributed by atoms with van der Waals surface area (Å²) in [5.74, 6) is 0.133. The molecule has 0 spiro atoms. The van der Waals surface area contributed by atoms with E-state index >= 15 is 0 Å². The van der Waals surface area contributed by atoms with E-state index in [0.717, 1.165) is 5.69 Å². The summed E-state index contributed by atoms with van der Waals surface area (Å²) in [6.07, 6.45) is -1.96. The van der Waals surface area contributed by atoms with Gasteiger partial charge in [-0.2, -0.15) is 0 Å². The van der Waals surface area contributed by atoms with Crippen molar-refractivity contribution in [2.45, 2.75) is 13.3 Å². The van der Waals surface area contributed by atoms with Gasteiger partial charge in [-0.1, -0.05) is 18.2 Å². The molecular weight excluding hydrogens is 395 g/mol. The Labute approximate surface area is 171 Å². The number of nitrogens with zero attached hydrogens (tertiary/aromatic N) is 3. The van der Waals surface area contributed by atoms with E-state index in [1.165, 1.54) is 36.8 Å². The molecule has 30 heavy (non-hydrogen) atoms. The quantitative estimate of drug-likeness (QED) is 0.542. The van der Waals surface area contributed by atoms with Crippen molar-refractivity contribution in [2.75, 3.05) is 5.32 Å². The maximum Gasteiger partial charge on any atom is 0.573 e. The molecule has 3 N–H and O–H groups in total. The van der Waals surface area contributed by atoms with E-state index < -0.39 is 6.36 Å². The van der Waals surface area contributed by atoms with Gasteiger partial charge >= 0.3 is 6.36 Å². The normalized spacial score (nSPS) is 12.5. The minimum absolute atomic E-state index is 0.308. The number of nitrogens with two attached hydrogens (primary N) is 1. The third-order valence-corrected chi connectivity index (χ3v) is 3.91. The van der Waals surface area contributed by atoms with E-state index in [9.17, 15) is 13.2 Å². The predicted octanol–water partition coefficient (Wildman–Crippen LogP) is 5.21. The van der Waals surface area contributed by atoms with Gasteiger partial charge in [-0.05, 0) is 43.3 Å². The number of benzene rings is 2. The number of hydrogen-bond acceptors (Lipinski definition) is 6. The molecule has 3 rings (SSSR count). The van der Waals surface area contributed by atoms with Gasteiger partial charge < -0.3 is 15.8 Å². The predicted molar refractivity (Wildman–Crippen MR) is 110 cm³/mol. The molecule has 0 radical (unpaired) electrons. The van der Waals surface area contributed by atoms with Crippen LogP contribution in [0.1, 0.15) is 12.6 Å². The smallest absolute Gasteiger partial charge is 0.406 e. The molecule has 0 unspecified atom stereocenters. The van der Waals surface area contributed by atoms with Crippen molar-refractivity contribution in [3.63, 3.8) is 0 Å². The molecular formula is C21H18F3N5O. The SMILES string of the molecule is CC(=Nc1ccccc1)C(=CN)c1cc(Nc2ccc(OC(F)(F)F)cc2)ncn1. The molecule has 6 nitrogen and oxygen atoms in total. The van der Waals surface area contributed by atoms with Gasteiger partial charge in [-0.15, -0.1) is 13.2 Å². The Morgan fingerprint density at radius 1 is 1.07 bits per heavy atom. The Balaban J connectivity index is 1.77. The summed E-state index contributed by atoms with van der Waals surface area (Å²) in [5.41, 5.74) is 8.95. The lowest BCUT2D eigenvalue weighted by atomic mass is 10.1. The molecule has 0 saturated heterocycles. The fourth-order valence-electron chi connectivity index (χ4n) is 2.61. The highest BCUT2D eigenvalue weighted by atomic mass is 19.4. The molecule has 0 aliphatic heterocycles. The number of anilines is 2. The average Bonchev–Trinajstić information content (AvgIpc) is 2.70. The highest BCUT2D eigenvalue weighted by Gasteiger charge is 2.30. The number of alkyl halides is 3. The first kappa shape index (κ1) is 20.8. The average molecular weight is 413 g/mol. The number of halogens is 3. The van der Waals surface area contributed by atoms with Crippen molar-refractivity contribution in [1.29, 1.82) is 0 Å². The van der Waals surface area contributed by atoms with Crippen LogP contribution in [0.2, 0.25) is 0 Å². The van der Waals surface area contributed by atoms with Crippen LogP contribution in [0.3, 0.4) is 0 Å². The molecule has 0 fully saturated rings. The minimum atomic E-state index is -4.74. The molecule has 0 atom stereocenters. The van der Waals surface area contributed by atoms with Crippen molar-refractivity contribution in [3.8, 4) is 5.75 Å². The number of nitrogens with one attached hydrogen (secondary N) is 1. The van der Waals surface area contributed by atoms with Gasteiger partial charge in [0.25, 0.3) is 0 Å². The van der Waals surface area contributed by atoms with Gasteiger partial charge in [-0.25, -0.2) is 9.97 Å². The van der Waals surface area contributed by atoms with Crippen LogP contribution in [-0.4, -0.2) is 22.0 Å². The highest BCUT2D eigenvalue weighted by Crippen LogP contribution is 2.25. The molecule has 0 aliphatic rings. The maximum atomic E-state index is 12.3. The van der Waals surface area contributed by atoms with Gasteiger partial charge in [-0.3, -0.25) is 4.99 Å². The summed E-state index contributed by atoms with van der Waals surface area (Å²) in [4.78, 5) is 12.9. The lowest BCUT2D eigenvalue weighted by molar-refractivity contribution is -0.274. The Morgan fingerprint density at radius 2 is 1.77 bits per heavy atom. The number of para-hydroxylation sites is 1. The van der Waals surface area contributed by atoms with Crippen molar-refractivity contribution in [3.05, 3.63) is 78.9 Å². The summed E-state index contributed by atoms with van der Waals surface area (Å²) in [6, 6.07) is 16.4. The molecule has 0 amide bonds. The van der Waals surface area contributed by atoms with Crippen LogP contribution in [-0.2, 0) is 0 Å². The van der Waals surface area contributed by atoms with E-state index in [1.54, 1.807) is 6.07 Å². The van der Waals surface area contributed by atoms with Crippen LogP contribution in [0, 0.1) is 0 Å². The number of ether oxygens (including phenoxy) is 1. The van der Waals surface area contributed by atoms with Crippen molar-refractivity contribution in [2.24, 2.45) is 10.7 Å². The molecule has 2 aromatic carbocycles. The second-order valence-corrected chi connectivity index (χ2v) is 6.10. The van der Waals surface area contributed by atoms with E-state index in [2.05, 4.69) is 25.0 Å². The second-order valence-electron chi connectivity index (χ2n) is 6.10. The summed E-state index contributed by atoms with van der Waals surface area (Å²) in [5, 5.41) is 3.01. The Hall–Kier alpha value is -3.88. The zero-order valence-corrected chi connectivity index (χ0v) is 15.9. The first-order valence-corrected chi connectivity index (χ1v) is 8.82. The van der Waals surface area contributed by atoms with Crippen molar-refractivity contribution < 1.29 is 17.9 Å². The van der Waals surface area contributed by atoms with Gasteiger partial charge in [0.2, 0.25) is 0 Å². The highest BCUT2D eigenvalue weighted by molar-refractivity contribution is 6.22. The summed E-state index contributed by atoms with van der Waals surface area (Å²) in [7, 11) is 0. The first-order valence-electron chi connectivity index (χ1n) is 8.82. The monoisotopic (exact) mass is 413 g/mol. The molecule has 1 heterocycles. The summed E-state index contributed by atoms with van der Waals surface area (Å²) < 4.78 is 40.7. The summed E-state index contributed by atoms with van der Waals surface area (Å²) >= 11 is 0. The van der Waals surface area contributed by atoms with Crippen molar-refractivity contribution >= 4 is 28.5 Å². The maximum absolute atomic E-state index is 12.3. The van der Waals surface area contributed by atoms with Gasteiger partial charge in [0.05, 0.1) is 11.4 Å². The lowest BCUT2D eigenvalue weighted by Crippen LogP contribution is -2.16. The van der Waals surface area contributed by atoms with E-state index in [0.29, 0.717) is 28.5 Å². The zero-order chi connectivity index (χ0) is 21.6. The van der Waals surface area contributed by atoms with Crippen LogP contribution in [0.5, 0.6) is 5.75 Å². The molecule has 0 aliphatic carbocycles. The number of hydrogen-bond donors (Lipinski definition) is 2. The minimum Gasteiger partial charge on any atom is -0.406 e. The van der Waals surface area contributed by atoms with Crippen LogP contribution in [0.15, 0.2) is 78.2 Å². The molecule has 154 valence electrons. The van der Waals surface area contributed by atoms with E-state index in [1.807, 2.05) is 37.3 Å². The molecule has 0 bridgehead atoms.